The van der Waals surface area contributed by atoms with Crippen LogP contribution in [0.1, 0.15) is 33.2 Å². The molecule has 1 aromatic heterocycles. The number of rotatable bonds is 3. The number of hydrogen-bond acceptors (Lipinski definition) is 3. The van der Waals surface area contributed by atoms with Crippen LogP contribution in [-0.2, 0) is 0 Å². The van der Waals surface area contributed by atoms with Crippen LogP contribution >= 0.6 is 15.9 Å². The fraction of sp³-hybridized carbons (Fsp3) is 0.133. The third-order valence-electron chi connectivity index (χ3n) is 2.89. The van der Waals surface area contributed by atoms with Crippen LogP contribution in [0.25, 0.3) is 0 Å². The van der Waals surface area contributed by atoms with Crippen LogP contribution in [0.5, 0.6) is 0 Å². The molecule has 102 valence electrons. The van der Waals surface area contributed by atoms with Crippen LogP contribution in [0.2, 0.25) is 0 Å². The highest BCUT2D eigenvalue weighted by atomic mass is 79.9. The van der Waals surface area contributed by atoms with Crippen LogP contribution in [0, 0.1) is 6.92 Å². The topological polar surface area (TPSA) is 59.1 Å². The summed E-state index contributed by atoms with van der Waals surface area (Å²) in [4.78, 5) is 27.9. The van der Waals surface area contributed by atoms with Gasteiger partial charge in [0.05, 0.1) is 11.3 Å². The Kier molecular flexibility index (Phi) is 4.29. The summed E-state index contributed by atoms with van der Waals surface area (Å²) in [5.74, 6) is -0.362. The van der Waals surface area contributed by atoms with Crippen LogP contribution < -0.4 is 5.32 Å². The molecule has 0 saturated heterocycles. The van der Waals surface area contributed by atoms with Gasteiger partial charge >= 0.3 is 0 Å². The molecule has 0 aliphatic heterocycles. The first kappa shape index (κ1) is 14.4. The van der Waals surface area contributed by atoms with Crippen molar-refractivity contribution < 1.29 is 9.59 Å². The number of anilines is 1. The highest BCUT2D eigenvalue weighted by molar-refractivity contribution is 9.10. The lowest BCUT2D eigenvalue weighted by Crippen LogP contribution is -2.15. The van der Waals surface area contributed by atoms with Crippen molar-refractivity contribution in [2.45, 2.75) is 13.8 Å². The minimum absolute atomic E-state index is 0.0767. The van der Waals surface area contributed by atoms with Crippen molar-refractivity contribution in [3.05, 3.63) is 57.8 Å². The van der Waals surface area contributed by atoms with E-state index in [1.54, 1.807) is 30.6 Å². The van der Waals surface area contributed by atoms with Crippen molar-refractivity contribution in [1.29, 1.82) is 0 Å². The van der Waals surface area contributed by atoms with E-state index in [2.05, 4.69) is 26.2 Å². The molecule has 0 saturated carbocycles. The summed E-state index contributed by atoms with van der Waals surface area (Å²) >= 11 is 3.28. The number of Topliss-reactive ketones (excluding diaryl/α,β-unsaturated/α-hetero) is 1. The van der Waals surface area contributed by atoms with E-state index < -0.39 is 0 Å². The monoisotopic (exact) mass is 332 g/mol. The van der Waals surface area contributed by atoms with Gasteiger partial charge in [-0.2, -0.15) is 0 Å². The first-order valence-corrected chi connectivity index (χ1v) is 6.81. The largest absolute Gasteiger partial charge is 0.321 e. The van der Waals surface area contributed by atoms with Gasteiger partial charge in [-0.1, -0.05) is 12.1 Å². The molecule has 1 amide bonds. The molecule has 0 radical (unpaired) electrons. The first-order chi connectivity index (χ1) is 9.50. The number of amides is 1. The average Bonchev–Trinajstić information content (AvgIpc) is 2.38. The standard InChI is InChI=1S/C15H13BrN2O2/c1-9-4-3-5-13(14(9)10(2)19)18-15(20)11-6-7-17-8-12(11)16/h3-8H,1-2H3,(H,18,20). The number of ketones is 1. The van der Waals surface area contributed by atoms with Crippen molar-refractivity contribution in [3.8, 4) is 0 Å². The number of benzene rings is 1. The second kappa shape index (κ2) is 5.96. The summed E-state index contributed by atoms with van der Waals surface area (Å²) in [5, 5.41) is 2.77. The first-order valence-electron chi connectivity index (χ1n) is 6.02. The second-order valence-corrected chi connectivity index (χ2v) is 5.22. The number of nitrogens with zero attached hydrogens (tertiary/aromatic N) is 1. The number of halogens is 1. The fourth-order valence-electron chi connectivity index (χ4n) is 1.99. The number of carbonyl (C=O) groups is 2. The zero-order valence-electron chi connectivity index (χ0n) is 11.1. The molecule has 0 unspecified atom stereocenters. The summed E-state index contributed by atoms with van der Waals surface area (Å²) in [6.07, 6.45) is 3.10. The zero-order chi connectivity index (χ0) is 14.7. The quantitative estimate of drug-likeness (QED) is 0.873. The highest BCUT2D eigenvalue weighted by Gasteiger charge is 2.15. The Morgan fingerprint density at radius 1 is 1.25 bits per heavy atom. The van der Waals surface area contributed by atoms with E-state index in [-0.39, 0.29) is 11.7 Å². The van der Waals surface area contributed by atoms with Gasteiger partial charge in [-0.3, -0.25) is 14.6 Å². The Morgan fingerprint density at radius 2 is 2.00 bits per heavy atom. The number of carbonyl (C=O) groups excluding carboxylic acids is 2. The van der Waals surface area contributed by atoms with Crippen molar-refractivity contribution >= 4 is 33.3 Å². The molecule has 0 aliphatic rings. The summed E-state index contributed by atoms with van der Waals surface area (Å²) < 4.78 is 0.606. The molecule has 2 rings (SSSR count). The normalized spacial score (nSPS) is 10.2. The third kappa shape index (κ3) is 2.93. The molecule has 20 heavy (non-hydrogen) atoms. The molecule has 1 N–H and O–H groups in total. The Hall–Kier alpha value is -2.01. The smallest absolute Gasteiger partial charge is 0.256 e. The minimum atomic E-state index is -0.285. The van der Waals surface area contributed by atoms with E-state index in [1.165, 1.54) is 6.92 Å². The van der Waals surface area contributed by atoms with Crippen LogP contribution in [0.15, 0.2) is 41.1 Å². The Bertz CT molecular complexity index is 683. The zero-order valence-corrected chi connectivity index (χ0v) is 12.7. The molecule has 4 nitrogen and oxygen atoms in total. The maximum atomic E-state index is 12.2. The van der Waals surface area contributed by atoms with Crippen LogP contribution in [-0.4, -0.2) is 16.7 Å². The van der Waals surface area contributed by atoms with Crippen molar-refractivity contribution in [3.63, 3.8) is 0 Å². The maximum Gasteiger partial charge on any atom is 0.256 e. The second-order valence-electron chi connectivity index (χ2n) is 4.36. The van der Waals surface area contributed by atoms with Gasteiger partial charge in [-0.15, -0.1) is 0 Å². The molecular formula is C15H13BrN2O2. The summed E-state index contributed by atoms with van der Waals surface area (Å²) in [6.45, 7) is 3.33. The molecule has 0 fully saturated rings. The van der Waals surface area contributed by atoms with Crippen LogP contribution in [0.3, 0.4) is 0 Å². The van der Waals surface area contributed by atoms with Crippen molar-refractivity contribution in [2.75, 3.05) is 5.32 Å². The van der Waals surface area contributed by atoms with Gasteiger partial charge in [0.15, 0.2) is 5.78 Å². The lowest BCUT2D eigenvalue weighted by atomic mass is 10.0. The lowest BCUT2D eigenvalue weighted by molar-refractivity contribution is 0.101. The summed E-state index contributed by atoms with van der Waals surface area (Å²) in [7, 11) is 0. The Morgan fingerprint density at radius 3 is 2.65 bits per heavy atom. The Balaban J connectivity index is 2.36. The highest BCUT2D eigenvalue weighted by Crippen LogP contribution is 2.22. The molecular weight excluding hydrogens is 320 g/mol. The molecule has 0 aliphatic carbocycles. The van der Waals surface area contributed by atoms with E-state index in [0.717, 1.165) is 5.56 Å². The summed E-state index contributed by atoms with van der Waals surface area (Å²) in [5.41, 5.74) is 2.36. The number of nitrogens with one attached hydrogen (secondary N) is 1. The Labute approximate surface area is 125 Å². The third-order valence-corrected chi connectivity index (χ3v) is 3.52. The number of hydrogen-bond donors (Lipinski definition) is 1. The van der Waals surface area contributed by atoms with Gasteiger partial charge in [0, 0.05) is 22.4 Å². The SMILES string of the molecule is CC(=O)c1c(C)cccc1NC(=O)c1ccncc1Br. The van der Waals surface area contributed by atoms with Gasteiger partial charge in [0.1, 0.15) is 0 Å². The lowest BCUT2D eigenvalue weighted by Gasteiger charge is -2.12. The van der Waals surface area contributed by atoms with Crippen LogP contribution in [0.4, 0.5) is 5.69 Å². The van der Waals surface area contributed by atoms with Gasteiger partial charge < -0.3 is 5.32 Å². The van der Waals surface area contributed by atoms with Gasteiger partial charge in [-0.25, -0.2) is 0 Å². The molecule has 2 aromatic rings. The maximum absolute atomic E-state index is 12.2. The predicted octanol–water partition coefficient (Wildman–Crippen LogP) is 3.61. The van der Waals surface area contributed by atoms with E-state index in [0.29, 0.717) is 21.3 Å². The number of aromatic nitrogens is 1. The van der Waals surface area contributed by atoms with E-state index in [1.807, 2.05) is 13.0 Å². The average molecular weight is 333 g/mol. The van der Waals surface area contributed by atoms with E-state index in [4.69, 9.17) is 0 Å². The van der Waals surface area contributed by atoms with E-state index >= 15 is 0 Å². The number of pyridine rings is 1. The molecule has 0 atom stereocenters. The predicted molar refractivity (Wildman–Crippen MR) is 81.1 cm³/mol. The van der Waals surface area contributed by atoms with E-state index in [9.17, 15) is 9.59 Å². The molecule has 0 bridgehead atoms. The van der Waals surface area contributed by atoms with Crippen molar-refractivity contribution in [2.24, 2.45) is 0 Å². The summed E-state index contributed by atoms with van der Waals surface area (Å²) in [6, 6.07) is 6.98. The minimum Gasteiger partial charge on any atom is -0.321 e. The fourth-order valence-corrected chi connectivity index (χ4v) is 2.42. The molecule has 5 heteroatoms. The van der Waals surface area contributed by atoms with Gasteiger partial charge in [-0.05, 0) is 47.5 Å². The molecule has 1 heterocycles. The molecule has 1 aromatic carbocycles. The van der Waals surface area contributed by atoms with Gasteiger partial charge in [0.25, 0.3) is 5.91 Å². The van der Waals surface area contributed by atoms with Crippen molar-refractivity contribution in [1.82, 2.24) is 4.98 Å². The molecule has 0 spiro atoms. The number of aryl methyl sites for hydroxylation is 1. The van der Waals surface area contributed by atoms with Gasteiger partial charge in [0.2, 0.25) is 0 Å².